The lowest BCUT2D eigenvalue weighted by molar-refractivity contribution is 0.210. The fraction of sp³-hybridized carbons (Fsp3) is 0.400. The number of benzene rings is 2. The van der Waals surface area contributed by atoms with Gasteiger partial charge in [0.15, 0.2) is 0 Å². The molecule has 140 valence electrons. The lowest BCUT2D eigenvalue weighted by Gasteiger charge is -2.23. The van der Waals surface area contributed by atoms with Gasteiger partial charge in [-0.2, -0.15) is 0 Å². The van der Waals surface area contributed by atoms with Crippen LogP contribution < -0.4 is 13.8 Å². The van der Waals surface area contributed by atoms with E-state index >= 15 is 0 Å². The van der Waals surface area contributed by atoms with Crippen molar-refractivity contribution in [3.63, 3.8) is 0 Å². The minimum Gasteiger partial charge on any atom is -0.497 e. The Morgan fingerprint density at radius 3 is 2.08 bits per heavy atom. The van der Waals surface area contributed by atoms with Crippen molar-refractivity contribution in [3.8, 4) is 11.5 Å². The van der Waals surface area contributed by atoms with Gasteiger partial charge in [0.05, 0.1) is 23.8 Å². The second-order valence-electron chi connectivity index (χ2n) is 6.36. The van der Waals surface area contributed by atoms with E-state index in [1.807, 2.05) is 19.1 Å². The second kappa shape index (κ2) is 7.99. The predicted molar refractivity (Wildman–Crippen MR) is 103 cm³/mol. The number of methoxy groups -OCH3 is 1. The van der Waals surface area contributed by atoms with Crippen LogP contribution in [0.4, 0.5) is 5.69 Å². The van der Waals surface area contributed by atoms with Gasteiger partial charge in [-0.15, -0.1) is 0 Å². The molecular formula is C20H25NO4S. The van der Waals surface area contributed by atoms with Gasteiger partial charge in [-0.05, 0) is 81.1 Å². The highest BCUT2D eigenvalue weighted by Crippen LogP contribution is 2.29. The monoisotopic (exact) mass is 375 g/mol. The maximum Gasteiger partial charge on any atom is 0.264 e. The van der Waals surface area contributed by atoms with Crippen LogP contribution in [0.2, 0.25) is 0 Å². The number of hydrogen-bond donors (Lipinski definition) is 0. The molecule has 2 aromatic carbocycles. The summed E-state index contributed by atoms with van der Waals surface area (Å²) in [5.41, 5.74) is 0.627. The third-order valence-corrected chi connectivity index (χ3v) is 6.58. The van der Waals surface area contributed by atoms with Crippen LogP contribution in [0.1, 0.15) is 32.6 Å². The Morgan fingerprint density at radius 1 is 0.962 bits per heavy atom. The number of rotatable bonds is 7. The van der Waals surface area contributed by atoms with E-state index in [1.54, 1.807) is 43.5 Å². The standard InChI is InChI=1S/C20H25NO4S/c1-3-21(26(22,23)20-14-12-17(24-2)13-15-20)16-8-10-19(11-9-16)25-18-6-4-5-7-18/h8-15,18H,3-7H2,1-2H3. The molecule has 0 aliphatic heterocycles. The van der Waals surface area contributed by atoms with E-state index in [2.05, 4.69) is 0 Å². The van der Waals surface area contributed by atoms with Crippen molar-refractivity contribution >= 4 is 15.7 Å². The number of nitrogens with zero attached hydrogens (tertiary/aromatic N) is 1. The average Bonchev–Trinajstić information content (AvgIpc) is 3.16. The summed E-state index contributed by atoms with van der Waals surface area (Å²) in [5, 5.41) is 0. The topological polar surface area (TPSA) is 55.8 Å². The van der Waals surface area contributed by atoms with Crippen molar-refractivity contribution in [2.75, 3.05) is 18.0 Å². The van der Waals surface area contributed by atoms with Gasteiger partial charge in [-0.1, -0.05) is 0 Å². The van der Waals surface area contributed by atoms with E-state index < -0.39 is 10.0 Å². The molecule has 3 rings (SSSR count). The molecule has 0 unspecified atom stereocenters. The summed E-state index contributed by atoms with van der Waals surface area (Å²) < 4.78 is 38.4. The van der Waals surface area contributed by atoms with Crippen LogP contribution >= 0.6 is 0 Å². The van der Waals surface area contributed by atoms with Crippen LogP contribution in [-0.2, 0) is 10.0 Å². The third kappa shape index (κ3) is 3.96. The molecule has 1 saturated carbocycles. The van der Waals surface area contributed by atoms with Gasteiger partial charge in [0, 0.05) is 6.54 Å². The molecule has 0 amide bonds. The molecule has 0 heterocycles. The summed E-state index contributed by atoms with van der Waals surface area (Å²) in [6.07, 6.45) is 4.90. The first kappa shape index (κ1) is 18.6. The first-order valence-electron chi connectivity index (χ1n) is 8.98. The van der Waals surface area contributed by atoms with Crippen LogP contribution in [0, 0.1) is 0 Å². The van der Waals surface area contributed by atoms with Crippen molar-refractivity contribution in [3.05, 3.63) is 48.5 Å². The third-order valence-electron chi connectivity index (χ3n) is 4.66. The van der Waals surface area contributed by atoms with E-state index in [9.17, 15) is 8.42 Å². The van der Waals surface area contributed by atoms with E-state index in [0.29, 0.717) is 18.0 Å². The van der Waals surface area contributed by atoms with Crippen molar-refractivity contribution in [1.29, 1.82) is 0 Å². The summed E-state index contributed by atoms with van der Waals surface area (Å²) in [6, 6.07) is 13.7. The molecule has 0 aromatic heterocycles. The summed E-state index contributed by atoms with van der Waals surface area (Å²) in [4.78, 5) is 0.242. The largest absolute Gasteiger partial charge is 0.497 e. The van der Waals surface area contributed by atoms with Crippen molar-refractivity contribution in [2.24, 2.45) is 0 Å². The van der Waals surface area contributed by atoms with E-state index in [1.165, 1.54) is 17.1 Å². The van der Waals surface area contributed by atoms with E-state index in [4.69, 9.17) is 9.47 Å². The molecule has 26 heavy (non-hydrogen) atoms. The molecular weight excluding hydrogens is 350 g/mol. The zero-order chi connectivity index (χ0) is 18.6. The molecule has 1 aliphatic rings. The number of ether oxygens (including phenoxy) is 2. The Bertz CT molecular complexity index is 810. The van der Waals surface area contributed by atoms with Crippen molar-refractivity contribution in [2.45, 2.75) is 43.6 Å². The Hall–Kier alpha value is -2.21. The fourth-order valence-electron chi connectivity index (χ4n) is 3.26. The molecule has 0 atom stereocenters. The Balaban J connectivity index is 1.80. The number of hydrogen-bond acceptors (Lipinski definition) is 4. The second-order valence-corrected chi connectivity index (χ2v) is 8.23. The Morgan fingerprint density at radius 2 is 1.54 bits per heavy atom. The highest BCUT2D eigenvalue weighted by Gasteiger charge is 2.24. The summed E-state index contributed by atoms with van der Waals surface area (Å²) in [6.45, 7) is 2.17. The maximum atomic E-state index is 13.0. The van der Waals surface area contributed by atoms with Crippen LogP contribution in [0.15, 0.2) is 53.4 Å². The first-order valence-corrected chi connectivity index (χ1v) is 10.4. The molecule has 1 fully saturated rings. The zero-order valence-electron chi connectivity index (χ0n) is 15.2. The number of anilines is 1. The minimum absolute atomic E-state index is 0.242. The summed E-state index contributed by atoms with van der Waals surface area (Å²) in [5.74, 6) is 1.42. The fourth-order valence-corrected chi connectivity index (χ4v) is 4.73. The van der Waals surface area contributed by atoms with E-state index in [0.717, 1.165) is 18.6 Å². The van der Waals surface area contributed by atoms with Gasteiger partial charge >= 0.3 is 0 Å². The lowest BCUT2D eigenvalue weighted by Crippen LogP contribution is -2.30. The van der Waals surface area contributed by atoms with Gasteiger partial charge in [-0.25, -0.2) is 8.42 Å². The van der Waals surface area contributed by atoms with Gasteiger partial charge in [0.25, 0.3) is 10.0 Å². The molecule has 1 aliphatic carbocycles. The Labute approximate surface area is 155 Å². The zero-order valence-corrected chi connectivity index (χ0v) is 16.0. The molecule has 0 N–H and O–H groups in total. The highest BCUT2D eigenvalue weighted by molar-refractivity contribution is 7.92. The van der Waals surface area contributed by atoms with Crippen molar-refractivity contribution < 1.29 is 17.9 Å². The van der Waals surface area contributed by atoms with E-state index in [-0.39, 0.29) is 11.0 Å². The van der Waals surface area contributed by atoms with Gasteiger partial charge in [0.2, 0.25) is 0 Å². The highest BCUT2D eigenvalue weighted by atomic mass is 32.2. The minimum atomic E-state index is -3.63. The smallest absolute Gasteiger partial charge is 0.264 e. The van der Waals surface area contributed by atoms with Crippen LogP contribution in [-0.4, -0.2) is 28.2 Å². The lowest BCUT2D eigenvalue weighted by atomic mass is 10.2. The van der Waals surface area contributed by atoms with Gasteiger partial charge in [0.1, 0.15) is 11.5 Å². The quantitative estimate of drug-likeness (QED) is 0.727. The molecule has 0 saturated heterocycles. The summed E-state index contributed by atoms with van der Waals surface area (Å²) >= 11 is 0. The first-order chi connectivity index (χ1) is 12.5. The van der Waals surface area contributed by atoms with Crippen LogP contribution in [0.25, 0.3) is 0 Å². The SMILES string of the molecule is CCN(c1ccc(OC2CCCC2)cc1)S(=O)(=O)c1ccc(OC)cc1. The molecule has 2 aromatic rings. The summed E-state index contributed by atoms with van der Waals surface area (Å²) in [7, 11) is -2.07. The predicted octanol–water partition coefficient (Wildman–Crippen LogP) is 4.23. The molecule has 0 bridgehead atoms. The van der Waals surface area contributed by atoms with Gasteiger partial charge in [-0.3, -0.25) is 4.31 Å². The number of sulfonamides is 1. The van der Waals surface area contributed by atoms with Crippen LogP contribution in [0.5, 0.6) is 11.5 Å². The van der Waals surface area contributed by atoms with Crippen LogP contribution in [0.3, 0.4) is 0 Å². The molecule has 5 nitrogen and oxygen atoms in total. The average molecular weight is 375 g/mol. The normalized spacial score (nSPS) is 15.0. The van der Waals surface area contributed by atoms with Crippen molar-refractivity contribution in [1.82, 2.24) is 0 Å². The maximum absolute atomic E-state index is 13.0. The molecule has 0 spiro atoms. The van der Waals surface area contributed by atoms with Gasteiger partial charge < -0.3 is 9.47 Å². The molecule has 0 radical (unpaired) electrons. The molecule has 6 heteroatoms. The Kier molecular flexibility index (Phi) is 5.71.